The van der Waals surface area contributed by atoms with E-state index in [1.807, 2.05) is 37.3 Å². The van der Waals surface area contributed by atoms with E-state index >= 15 is 0 Å². The zero-order valence-corrected chi connectivity index (χ0v) is 15.8. The van der Waals surface area contributed by atoms with Crippen molar-refractivity contribution in [2.45, 2.75) is 19.3 Å². The number of ketones is 1. The van der Waals surface area contributed by atoms with Gasteiger partial charge in [-0.1, -0.05) is 18.2 Å². The van der Waals surface area contributed by atoms with Crippen LogP contribution in [0.15, 0.2) is 48.5 Å². The van der Waals surface area contributed by atoms with Crippen LogP contribution in [-0.2, 0) is 4.79 Å². The minimum atomic E-state index is -0.598. The summed E-state index contributed by atoms with van der Waals surface area (Å²) in [6.45, 7) is 2.80. The fourth-order valence-corrected chi connectivity index (χ4v) is 3.92. The fraction of sp³-hybridized carbons (Fsp3) is 0.227. The number of benzene rings is 2. The van der Waals surface area contributed by atoms with Crippen LogP contribution < -0.4 is 14.8 Å². The quantitative estimate of drug-likeness (QED) is 0.696. The average Bonchev–Trinajstić information content (AvgIpc) is 3.09. The van der Waals surface area contributed by atoms with Crippen LogP contribution in [0.25, 0.3) is 5.69 Å². The first kappa shape index (κ1) is 17.5. The number of fused-ring (bicyclic) bond motifs is 2. The molecule has 1 N–H and O–H groups in total. The maximum atomic E-state index is 13.4. The van der Waals surface area contributed by atoms with Crippen LogP contribution in [0.3, 0.4) is 0 Å². The van der Waals surface area contributed by atoms with E-state index in [2.05, 4.69) is 10.4 Å². The Kier molecular flexibility index (Phi) is 4.08. The Morgan fingerprint density at radius 2 is 1.86 bits per heavy atom. The topological polar surface area (TPSA) is 82.5 Å². The zero-order valence-electron chi connectivity index (χ0n) is 15.8. The second-order valence-corrected chi connectivity index (χ2v) is 7.12. The number of ether oxygens (including phenoxy) is 2. The molecule has 0 saturated carbocycles. The van der Waals surface area contributed by atoms with Crippen LogP contribution in [0.5, 0.6) is 11.5 Å². The predicted octanol–water partition coefficient (Wildman–Crippen LogP) is 3.26. The molecular weight excluding hydrogens is 370 g/mol. The predicted molar refractivity (Wildman–Crippen MR) is 106 cm³/mol. The number of para-hydroxylation sites is 1. The molecule has 1 aromatic heterocycles. The number of nitrogens with zero attached hydrogens (tertiary/aromatic N) is 2. The summed E-state index contributed by atoms with van der Waals surface area (Å²) in [7, 11) is 0. The minimum absolute atomic E-state index is 0.0849. The normalized spacial score (nSPS) is 17.4. The van der Waals surface area contributed by atoms with Crippen molar-refractivity contribution in [1.29, 1.82) is 0 Å². The molecule has 7 heteroatoms. The zero-order chi connectivity index (χ0) is 20.0. The lowest BCUT2D eigenvalue weighted by molar-refractivity contribution is -0.116. The third kappa shape index (κ3) is 2.95. The average molecular weight is 389 g/mol. The number of aromatic nitrogens is 2. The molecule has 0 radical (unpaired) electrons. The van der Waals surface area contributed by atoms with Gasteiger partial charge >= 0.3 is 0 Å². The van der Waals surface area contributed by atoms with E-state index in [4.69, 9.17) is 9.47 Å². The third-order valence-electron chi connectivity index (χ3n) is 5.25. The molecule has 0 fully saturated rings. The Bertz CT molecular complexity index is 1120. The Morgan fingerprint density at radius 1 is 1.10 bits per heavy atom. The van der Waals surface area contributed by atoms with Crippen molar-refractivity contribution in [3.63, 3.8) is 0 Å². The van der Waals surface area contributed by atoms with Crippen molar-refractivity contribution in [3.05, 3.63) is 65.4 Å². The molecule has 3 heterocycles. The highest BCUT2D eigenvalue weighted by Crippen LogP contribution is 2.39. The number of carbonyl (C=O) groups excluding carboxylic acids is 2. The number of hydrogen-bond donors (Lipinski definition) is 1. The lowest BCUT2D eigenvalue weighted by Gasteiger charge is -2.24. The highest BCUT2D eigenvalue weighted by Gasteiger charge is 2.36. The monoisotopic (exact) mass is 389 g/mol. The number of rotatable bonds is 3. The SMILES string of the molecule is Cc1nn(-c2ccccc2)c2c1[C@H](C(=O)c1ccc3c(c1)OCCO3)CC(=O)N2. The molecule has 0 spiro atoms. The van der Waals surface area contributed by atoms with Gasteiger partial charge in [-0.3, -0.25) is 9.59 Å². The second-order valence-electron chi connectivity index (χ2n) is 7.12. The summed E-state index contributed by atoms with van der Waals surface area (Å²) in [4.78, 5) is 25.8. The molecule has 2 aliphatic heterocycles. The summed E-state index contributed by atoms with van der Waals surface area (Å²) in [6.07, 6.45) is 0.0849. The summed E-state index contributed by atoms with van der Waals surface area (Å²) < 4.78 is 12.8. The first-order chi connectivity index (χ1) is 14.1. The lowest BCUT2D eigenvalue weighted by atomic mass is 9.85. The van der Waals surface area contributed by atoms with Crippen molar-refractivity contribution in [2.75, 3.05) is 18.5 Å². The van der Waals surface area contributed by atoms with E-state index in [-0.39, 0.29) is 18.1 Å². The molecular formula is C22H19N3O4. The molecule has 2 aliphatic rings. The molecule has 2 aromatic carbocycles. The van der Waals surface area contributed by atoms with Crippen molar-refractivity contribution in [1.82, 2.24) is 9.78 Å². The number of Topliss-reactive ketones (excluding diaryl/α,β-unsaturated/α-hetero) is 1. The van der Waals surface area contributed by atoms with Crippen LogP contribution >= 0.6 is 0 Å². The molecule has 3 aromatic rings. The number of amides is 1. The Morgan fingerprint density at radius 3 is 2.66 bits per heavy atom. The Labute approximate surface area is 167 Å². The van der Waals surface area contributed by atoms with E-state index in [0.717, 1.165) is 16.9 Å². The van der Waals surface area contributed by atoms with Gasteiger partial charge in [0.05, 0.1) is 17.3 Å². The minimum Gasteiger partial charge on any atom is -0.486 e. The van der Waals surface area contributed by atoms with Gasteiger partial charge in [0, 0.05) is 17.5 Å². The maximum Gasteiger partial charge on any atom is 0.226 e. The molecule has 1 amide bonds. The first-order valence-electron chi connectivity index (χ1n) is 9.50. The van der Waals surface area contributed by atoms with Crippen molar-refractivity contribution >= 4 is 17.5 Å². The van der Waals surface area contributed by atoms with Crippen molar-refractivity contribution < 1.29 is 19.1 Å². The molecule has 7 nitrogen and oxygen atoms in total. The molecule has 5 rings (SSSR count). The molecule has 0 aliphatic carbocycles. The highest BCUT2D eigenvalue weighted by atomic mass is 16.6. The first-order valence-corrected chi connectivity index (χ1v) is 9.50. The maximum absolute atomic E-state index is 13.4. The Balaban J connectivity index is 1.57. The van der Waals surface area contributed by atoms with Crippen LogP contribution in [0, 0.1) is 6.92 Å². The smallest absolute Gasteiger partial charge is 0.226 e. The Hall–Kier alpha value is -3.61. The van der Waals surface area contributed by atoms with E-state index in [1.54, 1.807) is 22.9 Å². The second kappa shape index (κ2) is 6.77. The van der Waals surface area contributed by atoms with Gasteiger partial charge in [-0.15, -0.1) is 0 Å². The molecule has 29 heavy (non-hydrogen) atoms. The lowest BCUT2D eigenvalue weighted by Crippen LogP contribution is -2.28. The van der Waals surface area contributed by atoms with E-state index < -0.39 is 5.92 Å². The van der Waals surface area contributed by atoms with Gasteiger partial charge in [0.1, 0.15) is 19.0 Å². The number of nitrogens with one attached hydrogen (secondary N) is 1. The fourth-order valence-electron chi connectivity index (χ4n) is 3.92. The van der Waals surface area contributed by atoms with Gasteiger partial charge < -0.3 is 14.8 Å². The van der Waals surface area contributed by atoms with Gasteiger partial charge in [-0.05, 0) is 37.3 Å². The van der Waals surface area contributed by atoms with E-state index in [9.17, 15) is 9.59 Å². The van der Waals surface area contributed by atoms with Crippen molar-refractivity contribution in [2.24, 2.45) is 0 Å². The standard InChI is InChI=1S/C22H19N3O4/c1-13-20-16(21(27)14-7-8-17-18(11-14)29-10-9-28-17)12-19(26)23-22(20)25(24-13)15-5-3-2-4-6-15/h2-8,11,16H,9-10,12H2,1H3,(H,23,26)/t16-/m1/s1. The summed E-state index contributed by atoms with van der Waals surface area (Å²) >= 11 is 0. The van der Waals surface area contributed by atoms with Crippen LogP contribution in [0.4, 0.5) is 5.82 Å². The van der Waals surface area contributed by atoms with Gasteiger partial charge in [-0.2, -0.15) is 5.10 Å². The van der Waals surface area contributed by atoms with Gasteiger partial charge in [0.2, 0.25) is 5.91 Å². The number of aryl methyl sites for hydroxylation is 1. The summed E-state index contributed by atoms with van der Waals surface area (Å²) in [5, 5.41) is 7.50. The summed E-state index contributed by atoms with van der Waals surface area (Å²) in [5.74, 6) is 0.807. The summed E-state index contributed by atoms with van der Waals surface area (Å²) in [5.41, 5.74) is 2.80. The van der Waals surface area contributed by atoms with E-state index in [0.29, 0.717) is 36.1 Å². The van der Waals surface area contributed by atoms with Gasteiger partial charge in [0.25, 0.3) is 0 Å². The van der Waals surface area contributed by atoms with Crippen molar-refractivity contribution in [3.8, 4) is 17.2 Å². The molecule has 0 saturated heterocycles. The third-order valence-corrected chi connectivity index (χ3v) is 5.25. The van der Waals surface area contributed by atoms with Crippen LogP contribution in [-0.4, -0.2) is 34.7 Å². The highest BCUT2D eigenvalue weighted by molar-refractivity contribution is 6.08. The molecule has 146 valence electrons. The number of carbonyl (C=O) groups is 2. The molecule has 0 bridgehead atoms. The molecule has 1 atom stereocenters. The van der Waals surface area contributed by atoms with E-state index in [1.165, 1.54) is 0 Å². The van der Waals surface area contributed by atoms with Gasteiger partial charge in [-0.25, -0.2) is 4.68 Å². The summed E-state index contributed by atoms with van der Waals surface area (Å²) in [6, 6.07) is 14.7. The molecule has 0 unspecified atom stereocenters. The van der Waals surface area contributed by atoms with Crippen LogP contribution in [0.2, 0.25) is 0 Å². The number of hydrogen-bond acceptors (Lipinski definition) is 5. The largest absolute Gasteiger partial charge is 0.486 e. The van der Waals surface area contributed by atoms with Crippen LogP contribution in [0.1, 0.15) is 34.0 Å². The van der Waals surface area contributed by atoms with Gasteiger partial charge in [0.15, 0.2) is 17.3 Å². The number of anilines is 1.